The summed E-state index contributed by atoms with van der Waals surface area (Å²) >= 11 is 6.26. The lowest BCUT2D eigenvalue weighted by atomic mass is 10.2. The van der Waals surface area contributed by atoms with Gasteiger partial charge in [0.15, 0.2) is 0 Å². The molecule has 0 spiro atoms. The number of hydrogen-bond acceptors (Lipinski definition) is 3. The van der Waals surface area contributed by atoms with Gasteiger partial charge in [-0.05, 0) is 29.8 Å². The first-order valence-corrected chi connectivity index (χ1v) is 7.57. The van der Waals surface area contributed by atoms with E-state index in [9.17, 15) is 0 Å². The number of halogens is 1. The Bertz CT molecular complexity index is 558. The minimum Gasteiger partial charge on any atom is -0.492 e. The Morgan fingerprint density at radius 1 is 1.24 bits per heavy atom. The van der Waals surface area contributed by atoms with E-state index in [2.05, 4.69) is 24.1 Å². The van der Waals surface area contributed by atoms with Crippen LogP contribution >= 0.6 is 11.6 Å². The molecule has 0 fully saturated rings. The van der Waals surface area contributed by atoms with Crippen LogP contribution in [0.5, 0.6) is 5.75 Å². The van der Waals surface area contributed by atoms with Gasteiger partial charge in [-0.3, -0.25) is 4.98 Å². The van der Waals surface area contributed by atoms with Crippen LogP contribution in [-0.2, 0) is 13.0 Å². The maximum Gasteiger partial charge on any atom is 0.137 e. The molecule has 0 bridgehead atoms. The molecule has 2 aromatic rings. The molecule has 1 N–H and O–H groups in total. The lowest BCUT2D eigenvalue weighted by Gasteiger charge is -2.11. The van der Waals surface area contributed by atoms with Crippen molar-refractivity contribution in [3.8, 4) is 5.75 Å². The summed E-state index contributed by atoms with van der Waals surface area (Å²) in [6.45, 7) is 5.62. The first-order valence-electron chi connectivity index (χ1n) is 7.19. The quantitative estimate of drug-likeness (QED) is 0.843. The normalized spacial score (nSPS) is 10.9. The average molecular weight is 305 g/mol. The Labute approximate surface area is 131 Å². The predicted octanol–water partition coefficient (Wildman–Crippen LogP) is 3.85. The second kappa shape index (κ2) is 8.01. The minimum absolute atomic E-state index is 0.457. The van der Waals surface area contributed by atoms with Crippen molar-refractivity contribution in [1.29, 1.82) is 0 Å². The average Bonchev–Trinajstić information content (AvgIpc) is 2.48. The largest absolute Gasteiger partial charge is 0.492 e. The third-order valence-corrected chi connectivity index (χ3v) is 3.35. The van der Waals surface area contributed by atoms with Gasteiger partial charge in [-0.2, -0.15) is 0 Å². The van der Waals surface area contributed by atoms with Crippen molar-refractivity contribution >= 4 is 11.6 Å². The van der Waals surface area contributed by atoms with Crippen molar-refractivity contribution < 1.29 is 4.74 Å². The van der Waals surface area contributed by atoms with Gasteiger partial charge >= 0.3 is 0 Å². The van der Waals surface area contributed by atoms with E-state index >= 15 is 0 Å². The van der Waals surface area contributed by atoms with E-state index in [4.69, 9.17) is 16.3 Å². The van der Waals surface area contributed by atoms with Gasteiger partial charge in [0.25, 0.3) is 0 Å². The standard InChI is InChI=1S/C17H21ClN2O/c1-13(2)20-12-14-6-7-17(16(18)11-14)21-10-8-15-5-3-4-9-19-15/h3-7,9,11,13,20H,8,10,12H2,1-2H3. The van der Waals surface area contributed by atoms with Crippen LogP contribution in [0.3, 0.4) is 0 Å². The van der Waals surface area contributed by atoms with Gasteiger partial charge < -0.3 is 10.1 Å². The second-order valence-corrected chi connectivity index (χ2v) is 5.63. The third-order valence-electron chi connectivity index (χ3n) is 3.05. The zero-order valence-electron chi connectivity index (χ0n) is 12.5. The van der Waals surface area contributed by atoms with E-state index < -0.39 is 0 Å². The molecule has 112 valence electrons. The number of rotatable bonds is 7. The van der Waals surface area contributed by atoms with Crippen molar-refractivity contribution in [3.63, 3.8) is 0 Å². The zero-order valence-corrected chi connectivity index (χ0v) is 13.2. The highest BCUT2D eigenvalue weighted by Crippen LogP contribution is 2.25. The van der Waals surface area contributed by atoms with Gasteiger partial charge in [0.1, 0.15) is 5.75 Å². The molecule has 3 nitrogen and oxygen atoms in total. The van der Waals surface area contributed by atoms with Crippen LogP contribution in [0.15, 0.2) is 42.6 Å². The molecule has 0 amide bonds. The molecule has 0 saturated carbocycles. The molecule has 0 aliphatic carbocycles. The first kappa shape index (κ1) is 15.8. The summed E-state index contributed by atoms with van der Waals surface area (Å²) in [6.07, 6.45) is 2.56. The molecule has 0 aliphatic heterocycles. The van der Waals surface area contributed by atoms with Gasteiger partial charge in [-0.15, -0.1) is 0 Å². The van der Waals surface area contributed by atoms with Crippen LogP contribution in [0.2, 0.25) is 5.02 Å². The molecule has 21 heavy (non-hydrogen) atoms. The molecule has 1 aromatic heterocycles. The summed E-state index contributed by atoms with van der Waals surface area (Å²) in [5, 5.41) is 4.02. The number of nitrogens with one attached hydrogen (secondary N) is 1. The molecule has 0 atom stereocenters. The van der Waals surface area contributed by atoms with Gasteiger partial charge in [-0.25, -0.2) is 0 Å². The predicted molar refractivity (Wildman–Crippen MR) is 86.9 cm³/mol. The number of hydrogen-bond donors (Lipinski definition) is 1. The van der Waals surface area contributed by atoms with E-state index in [1.165, 1.54) is 0 Å². The monoisotopic (exact) mass is 304 g/mol. The summed E-state index contributed by atoms with van der Waals surface area (Å²) in [5.74, 6) is 0.723. The second-order valence-electron chi connectivity index (χ2n) is 5.22. The van der Waals surface area contributed by atoms with Crippen LogP contribution in [0.4, 0.5) is 0 Å². The van der Waals surface area contributed by atoms with Crippen LogP contribution < -0.4 is 10.1 Å². The highest BCUT2D eigenvalue weighted by Gasteiger charge is 2.04. The molecule has 0 aliphatic rings. The Balaban J connectivity index is 1.86. The van der Waals surface area contributed by atoms with E-state index in [0.717, 1.165) is 30.0 Å². The highest BCUT2D eigenvalue weighted by molar-refractivity contribution is 6.32. The molecule has 0 unspecified atom stereocenters. The van der Waals surface area contributed by atoms with Crippen molar-refractivity contribution in [1.82, 2.24) is 10.3 Å². The summed E-state index contributed by atoms with van der Waals surface area (Å²) in [6, 6.07) is 12.3. The molecular formula is C17H21ClN2O. The fourth-order valence-electron chi connectivity index (χ4n) is 1.90. The number of nitrogens with zero attached hydrogens (tertiary/aromatic N) is 1. The molecule has 1 aromatic carbocycles. The van der Waals surface area contributed by atoms with Gasteiger partial charge in [0, 0.05) is 30.9 Å². The topological polar surface area (TPSA) is 34.1 Å². The van der Waals surface area contributed by atoms with Crippen molar-refractivity contribution in [3.05, 3.63) is 58.9 Å². The lowest BCUT2D eigenvalue weighted by molar-refractivity contribution is 0.320. The Kier molecular flexibility index (Phi) is 6.03. The van der Waals surface area contributed by atoms with E-state index in [-0.39, 0.29) is 0 Å². The minimum atomic E-state index is 0.457. The smallest absolute Gasteiger partial charge is 0.137 e. The third kappa shape index (κ3) is 5.37. The number of aromatic nitrogens is 1. The maximum atomic E-state index is 6.26. The molecular weight excluding hydrogens is 284 g/mol. The molecule has 1 heterocycles. The maximum absolute atomic E-state index is 6.26. The van der Waals surface area contributed by atoms with Crippen LogP contribution in [0.25, 0.3) is 0 Å². The van der Waals surface area contributed by atoms with Crippen molar-refractivity contribution in [2.45, 2.75) is 32.9 Å². The zero-order chi connectivity index (χ0) is 15.1. The fraction of sp³-hybridized carbons (Fsp3) is 0.353. The highest BCUT2D eigenvalue weighted by atomic mass is 35.5. The van der Waals surface area contributed by atoms with Crippen molar-refractivity contribution in [2.75, 3.05) is 6.61 Å². The van der Waals surface area contributed by atoms with E-state index in [1.807, 2.05) is 36.4 Å². The Hall–Kier alpha value is -1.58. The molecule has 4 heteroatoms. The van der Waals surface area contributed by atoms with E-state index in [1.54, 1.807) is 6.20 Å². The van der Waals surface area contributed by atoms with E-state index in [0.29, 0.717) is 17.7 Å². The molecule has 2 rings (SSSR count). The number of benzene rings is 1. The summed E-state index contributed by atoms with van der Waals surface area (Å²) in [7, 11) is 0. The van der Waals surface area contributed by atoms with Crippen LogP contribution in [0.1, 0.15) is 25.1 Å². The molecule has 0 saturated heterocycles. The lowest BCUT2D eigenvalue weighted by Crippen LogP contribution is -2.21. The van der Waals surface area contributed by atoms with Crippen LogP contribution in [-0.4, -0.2) is 17.6 Å². The summed E-state index contributed by atoms with van der Waals surface area (Å²) in [5.41, 5.74) is 2.18. The first-order chi connectivity index (χ1) is 10.1. The van der Waals surface area contributed by atoms with Gasteiger partial charge in [0.05, 0.1) is 11.6 Å². The Morgan fingerprint density at radius 3 is 2.76 bits per heavy atom. The SMILES string of the molecule is CC(C)NCc1ccc(OCCc2ccccn2)c(Cl)c1. The summed E-state index contributed by atoms with van der Waals surface area (Å²) < 4.78 is 5.73. The summed E-state index contributed by atoms with van der Waals surface area (Å²) in [4.78, 5) is 4.27. The van der Waals surface area contributed by atoms with Gasteiger partial charge in [0.2, 0.25) is 0 Å². The number of ether oxygens (including phenoxy) is 1. The Morgan fingerprint density at radius 2 is 2.10 bits per heavy atom. The fourth-order valence-corrected chi connectivity index (χ4v) is 2.16. The van der Waals surface area contributed by atoms with Crippen molar-refractivity contribution in [2.24, 2.45) is 0 Å². The van der Waals surface area contributed by atoms with Crippen LogP contribution in [0, 0.1) is 0 Å². The molecule has 0 radical (unpaired) electrons. The van der Waals surface area contributed by atoms with Gasteiger partial charge in [-0.1, -0.05) is 37.6 Å². The number of pyridine rings is 1.